The van der Waals surface area contributed by atoms with Crippen molar-refractivity contribution < 1.29 is 9.90 Å². The summed E-state index contributed by atoms with van der Waals surface area (Å²) in [7, 11) is 0. The van der Waals surface area contributed by atoms with Crippen LogP contribution in [0.25, 0.3) is 0 Å². The quantitative estimate of drug-likeness (QED) is 0.775. The summed E-state index contributed by atoms with van der Waals surface area (Å²) in [6.07, 6.45) is 5.75. The van der Waals surface area contributed by atoms with E-state index in [1.165, 1.54) is 6.20 Å². The molecule has 0 saturated heterocycles. The van der Waals surface area contributed by atoms with Crippen LogP contribution in [0.5, 0.6) is 0 Å². The Bertz CT molecular complexity index is 430. The molecule has 0 unspecified atom stereocenters. The molecule has 0 bridgehead atoms. The van der Waals surface area contributed by atoms with Gasteiger partial charge in [-0.1, -0.05) is 12.8 Å². The Labute approximate surface area is 87.0 Å². The van der Waals surface area contributed by atoms with Gasteiger partial charge in [0.15, 0.2) is 0 Å². The summed E-state index contributed by atoms with van der Waals surface area (Å²) in [4.78, 5) is 24.8. The van der Waals surface area contributed by atoms with Gasteiger partial charge in [-0.2, -0.15) is 0 Å². The second-order valence-corrected chi connectivity index (χ2v) is 3.92. The first-order valence-corrected chi connectivity index (χ1v) is 5.15. The first kappa shape index (κ1) is 9.96. The van der Waals surface area contributed by atoms with Crippen LogP contribution < -0.4 is 5.56 Å². The van der Waals surface area contributed by atoms with Crippen LogP contribution in [0.3, 0.4) is 0 Å². The van der Waals surface area contributed by atoms with Gasteiger partial charge >= 0.3 is 5.97 Å². The topological polar surface area (TPSA) is 70.2 Å². The number of carboxylic acids is 1. The van der Waals surface area contributed by atoms with Gasteiger partial charge in [0, 0.05) is 6.20 Å². The highest BCUT2D eigenvalue weighted by Crippen LogP contribution is 2.34. The molecule has 4 nitrogen and oxygen atoms in total. The summed E-state index contributed by atoms with van der Waals surface area (Å²) in [6, 6.07) is 1.72. The molecule has 4 heteroatoms. The van der Waals surface area contributed by atoms with Gasteiger partial charge in [-0.3, -0.25) is 4.79 Å². The third-order valence-corrected chi connectivity index (χ3v) is 3.00. The van der Waals surface area contributed by atoms with Gasteiger partial charge < -0.3 is 10.1 Å². The van der Waals surface area contributed by atoms with E-state index in [0.717, 1.165) is 25.7 Å². The van der Waals surface area contributed by atoms with Crippen LogP contribution in [-0.2, 0) is 0 Å². The summed E-state index contributed by atoms with van der Waals surface area (Å²) < 4.78 is 0. The van der Waals surface area contributed by atoms with Crippen molar-refractivity contribution in [1.29, 1.82) is 0 Å². The fourth-order valence-electron chi connectivity index (χ4n) is 2.29. The number of carboxylic acid groups (broad SMARTS) is 1. The molecular formula is C11H13NO3. The molecule has 1 aromatic heterocycles. The fraction of sp³-hybridized carbons (Fsp3) is 0.455. The third-order valence-electron chi connectivity index (χ3n) is 3.00. The van der Waals surface area contributed by atoms with E-state index in [1.807, 2.05) is 0 Å². The van der Waals surface area contributed by atoms with Crippen LogP contribution in [0.4, 0.5) is 0 Å². The van der Waals surface area contributed by atoms with Crippen molar-refractivity contribution in [1.82, 2.24) is 4.98 Å². The van der Waals surface area contributed by atoms with Crippen molar-refractivity contribution in [3.05, 3.63) is 33.7 Å². The maximum absolute atomic E-state index is 11.4. The molecule has 0 amide bonds. The SMILES string of the molecule is O=C(O)c1c(C2CCCC2)cc[nH]c1=O. The highest BCUT2D eigenvalue weighted by atomic mass is 16.4. The van der Waals surface area contributed by atoms with E-state index in [4.69, 9.17) is 5.11 Å². The molecule has 1 aliphatic carbocycles. The summed E-state index contributed by atoms with van der Waals surface area (Å²) in [5.74, 6) is -0.878. The smallest absolute Gasteiger partial charge is 0.341 e. The minimum Gasteiger partial charge on any atom is -0.477 e. The Kier molecular flexibility index (Phi) is 2.58. The van der Waals surface area contributed by atoms with E-state index in [1.54, 1.807) is 6.07 Å². The maximum Gasteiger partial charge on any atom is 0.341 e. The molecule has 1 fully saturated rings. The predicted octanol–water partition coefficient (Wildman–Crippen LogP) is 1.73. The highest BCUT2D eigenvalue weighted by molar-refractivity contribution is 5.89. The van der Waals surface area contributed by atoms with Crippen molar-refractivity contribution in [3.63, 3.8) is 0 Å². The first-order chi connectivity index (χ1) is 7.20. The van der Waals surface area contributed by atoms with Crippen LogP contribution in [0.1, 0.15) is 47.5 Å². The molecule has 0 atom stereocenters. The third kappa shape index (κ3) is 1.79. The van der Waals surface area contributed by atoms with Gasteiger partial charge in [-0.25, -0.2) is 4.79 Å². The molecule has 15 heavy (non-hydrogen) atoms. The Morgan fingerprint density at radius 1 is 1.40 bits per heavy atom. The number of H-pyrrole nitrogens is 1. The Morgan fingerprint density at radius 2 is 2.07 bits per heavy atom. The van der Waals surface area contributed by atoms with Crippen molar-refractivity contribution >= 4 is 5.97 Å². The Morgan fingerprint density at radius 3 is 2.67 bits per heavy atom. The highest BCUT2D eigenvalue weighted by Gasteiger charge is 2.24. The lowest BCUT2D eigenvalue weighted by molar-refractivity contribution is 0.0693. The molecule has 0 radical (unpaired) electrons. The average molecular weight is 207 g/mol. The number of hydrogen-bond acceptors (Lipinski definition) is 2. The number of nitrogens with one attached hydrogen (secondary N) is 1. The minimum atomic E-state index is -1.13. The predicted molar refractivity (Wildman–Crippen MR) is 55.2 cm³/mol. The van der Waals surface area contributed by atoms with Crippen LogP contribution >= 0.6 is 0 Å². The minimum absolute atomic E-state index is 0.0793. The number of aromatic carboxylic acids is 1. The van der Waals surface area contributed by atoms with Crippen LogP contribution in [0.15, 0.2) is 17.1 Å². The van der Waals surface area contributed by atoms with Gasteiger partial charge in [-0.05, 0) is 30.4 Å². The first-order valence-electron chi connectivity index (χ1n) is 5.15. The monoisotopic (exact) mass is 207 g/mol. The van der Waals surface area contributed by atoms with Gasteiger partial charge in [0.25, 0.3) is 5.56 Å². The summed E-state index contributed by atoms with van der Waals surface area (Å²) in [5, 5.41) is 8.99. The molecule has 1 saturated carbocycles. The number of aromatic amines is 1. The summed E-state index contributed by atoms with van der Waals surface area (Å²) in [6.45, 7) is 0. The van der Waals surface area contributed by atoms with Crippen LogP contribution in [0.2, 0.25) is 0 Å². The number of carbonyl (C=O) groups is 1. The van der Waals surface area contributed by atoms with Crippen molar-refractivity contribution in [3.8, 4) is 0 Å². The lowest BCUT2D eigenvalue weighted by Crippen LogP contribution is -2.20. The summed E-state index contributed by atoms with van der Waals surface area (Å²) >= 11 is 0. The molecule has 2 N–H and O–H groups in total. The second kappa shape index (κ2) is 3.88. The zero-order chi connectivity index (χ0) is 10.8. The molecule has 1 heterocycles. The largest absolute Gasteiger partial charge is 0.477 e. The normalized spacial score (nSPS) is 16.8. The Hall–Kier alpha value is -1.58. The second-order valence-electron chi connectivity index (χ2n) is 3.92. The number of pyridine rings is 1. The van der Waals surface area contributed by atoms with Crippen molar-refractivity contribution in [2.45, 2.75) is 31.6 Å². The average Bonchev–Trinajstić information content (AvgIpc) is 2.69. The standard InChI is InChI=1S/C11H13NO3/c13-10-9(11(14)15)8(5-6-12-10)7-3-1-2-4-7/h5-7H,1-4H2,(H,12,13)(H,14,15). The van der Waals surface area contributed by atoms with E-state index in [-0.39, 0.29) is 11.5 Å². The van der Waals surface area contributed by atoms with Gasteiger partial charge in [0.1, 0.15) is 5.56 Å². The molecular weight excluding hydrogens is 194 g/mol. The fourth-order valence-corrected chi connectivity index (χ4v) is 2.29. The number of rotatable bonds is 2. The van der Waals surface area contributed by atoms with E-state index in [0.29, 0.717) is 5.56 Å². The van der Waals surface area contributed by atoms with Gasteiger partial charge in [0.05, 0.1) is 0 Å². The molecule has 80 valence electrons. The molecule has 0 aromatic carbocycles. The number of aromatic nitrogens is 1. The lowest BCUT2D eigenvalue weighted by Gasteiger charge is -2.11. The van der Waals surface area contributed by atoms with E-state index >= 15 is 0 Å². The van der Waals surface area contributed by atoms with Crippen molar-refractivity contribution in [2.75, 3.05) is 0 Å². The van der Waals surface area contributed by atoms with Crippen LogP contribution in [-0.4, -0.2) is 16.1 Å². The maximum atomic E-state index is 11.4. The molecule has 0 spiro atoms. The van der Waals surface area contributed by atoms with Gasteiger partial charge in [-0.15, -0.1) is 0 Å². The van der Waals surface area contributed by atoms with Gasteiger partial charge in [0.2, 0.25) is 0 Å². The van der Waals surface area contributed by atoms with Crippen molar-refractivity contribution in [2.24, 2.45) is 0 Å². The molecule has 1 aliphatic rings. The van der Waals surface area contributed by atoms with E-state index in [2.05, 4.69) is 4.98 Å². The van der Waals surface area contributed by atoms with Crippen LogP contribution in [0, 0.1) is 0 Å². The zero-order valence-corrected chi connectivity index (χ0v) is 8.32. The van der Waals surface area contributed by atoms with E-state index in [9.17, 15) is 9.59 Å². The zero-order valence-electron chi connectivity index (χ0n) is 8.32. The molecule has 0 aliphatic heterocycles. The summed E-state index contributed by atoms with van der Waals surface area (Å²) in [5.41, 5.74) is 0.125. The Balaban J connectivity index is 2.50. The molecule has 1 aromatic rings. The lowest BCUT2D eigenvalue weighted by atomic mass is 9.94. The van der Waals surface area contributed by atoms with E-state index < -0.39 is 11.5 Å². The number of hydrogen-bond donors (Lipinski definition) is 2. The molecule has 2 rings (SSSR count).